The molecule has 0 radical (unpaired) electrons. The number of hydrogen-bond acceptors (Lipinski definition) is 4. The molecule has 2 rings (SSSR count). The van der Waals surface area contributed by atoms with Crippen LogP contribution in [0.4, 0.5) is 5.13 Å². The molecule has 3 N–H and O–H groups in total. The Hall–Kier alpha value is -0.170. The molecule has 1 heterocycles. The summed E-state index contributed by atoms with van der Waals surface area (Å²) in [5.41, 5.74) is 3.46. The van der Waals surface area contributed by atoms with Gasteiger partial charge in [0, 0.05) is 4.47 Å². The average Bonchev–Trinajstić information content (AvgIpc) is 2.55. The first-order valence-corrected chi connectivity index (χ1v) is 5.84. The Kier molecular flexibility index (Phi) is 2.55. The predicted octanol–water partition coefficient (Wildman–Crippen LogP) is 3.11. The van der Waals surface area contributed by atoms with Crippen LogP contribution >= 0.6 is 43.2 Å². The Morgan fingerprint density at radius 1 is 1.38 bits per heavy atom. The maximum Gasteiger partial charge on any atom is 0.198 e. The molecule has 1 aromatic carbocycles. The summed E-state index contributed by atoms with van der Waals surface area (Å²) >= 11 is 8.39. The minimum atomic E-state index is 0.716. The van der Waals surface area contributed by atoms with Gasteiger partial charge in [0.15, 0.2) is 5.13 Å². The van der Waals surface area contributed by atoms with Crippen LogP contribution in [0.3, 0.4) is 0 Å². The smallest absolute Gasteiger partial charge is 0.198 e. The second kappa shape index (κ2) is 3.53. The van der Waals surface area contributed by atoms with Crippen molar-refractivity contribution in [2.75, 3.05) is 5.43 Å². The lowest BCUT2D eigenvalue weighted by Gasteiger charge is -1.94. The molecule has 0 aliphatic carbocycles. The number of benzene rings is 1. The molecule has 13 heavy (non-hydrogen) atoms. The highest BCUT2D eigenvalue weighted by atomic mass is 79.9. The fourth-order valence-electron chi connectivity index (χ4n) is 0.999. The molecule has 2 aromatic rings. The van der Waals surface area contributed by atoms with Crippen LogP contribution in [0.15, 0.2) is 21.1 Å². The van der Waals surface area contributed by atoms with Gasteiger partial charge in [-0.3, -0.25) is 5.43 Å². The van der Waals surface area contributed by atoms with Crippen LogP contribution in [0.5, 0.6) is 0 Å². The molecular formula is C7H5Br2N3S. The minimum absolute atomic E-state index is 0.716. The molecule has 68 valence electrons. The van der Waals surface area contributed by atoms with Gasteiger partial charge in [-0.05, 0) is 44.0 Å². The van der Waals surface area contributed by atoms with Crippen LogP contribution in [-0.2, 0) is 0 Å². The highest BCUT2D eigenvalue weighted by Crippen LogP contribution is 2.35. The van der Waals surface area contributed by atoms with Crippen LogP contribution < -0.4 is 11.3 Å². The van der Waals surface area contributed by atoms with E-state index >= 15 is 0 Å². The maximum atomic E-state index is 5.27. The lowest BCUT2D eigenvalue weighted by Crippen LogP contribution is -2.05. The zero-order chi connectivity index (χ0) is 9.42. The molecule has 6 heteroatoms. The van der Waals surface area contributed by atoms with E-state index in [1.807, 2.05) is 12.1 Å². The van der Waals surface area contributed by atoms with Crippen molar-refractivity contribution in [3.8, 4) is 0 Å². The molecule has 0 bridgehead atoms. The Labute approximate surface area is 95.6 Å². The molecule has 0 amide bonds. The molecule has 0 saturated carbocycles. The monoisotopic (exact) mass is 321 g/mol. The summed E-state index contributed by atoms with van der Waals surface area (Å²) in [4.78, 5) is 4.30. The lowest BCUT2D eigenvalue weighted by molar-refractivity contribution is 1.31. The van der Waals surface area contributed by atoms with Crippen LogP contribution in [0.2, 0.25) is 0 Å². The van der Waals surface area contributed by atoms with Crippen LogP contribution in [0.25, 0.3) is 10.2 Å². The molecule has 0 aliphatic rings. The first kappa shape index (κ1) is 9.39. The predicted molar refractivity (Wildman–Crippen MR) is 62.8 cm³/mol. The van der Waals surface area contributed by atoms with Crippen LogP contribution in [0.1, 0.15) is 0 Å². The number of fused-ring (bicyclic) bond motifs is 1. The number of aromatic nitrogens is 1. The number of nitrogen functional groups attached to an aromatic ring is 1. The topological polar surface area (TPSA) is 50.9 Å². The van der Waals surface area contributed by atoms with Crippen molar-refractivity contribution in [3.63, 3.8) is 0 Å². The average molecular weight is 323 g/mol. The van der Waals surface area contributed by atoms with Gasteiger partial charge in [-0.2, -0.15) is 0 Å². The summed E-state index contributed by atoms with van der Waals surface area (Å²) in [5, 5.41) is 0.716. The van der Waals surface area contributed by atoms with E-state index in [1.165, 1.54) is 11.3 Å². The zero-order valence-corrected chi connectivity index (χ0v) is 10.3. The Morgan fingerprint density at radius 3 is 2.85 bits per heavy atom. The van der Waals surface area contributed by atoms with E-state index in [2.05, 4.69) is 42.3 Å². The van der Waals surface area contributed by atoms with Gasteiger partial charge in [-0.15, -0.1) is 0 Å². The van der Waals surface area contributed by atoms with E-state index in [4.69, 9.17) is 5.84 Å². The van der Waals surface area contributed by atoms with Crippen LogP contribution in [-0.4, -0.2) is 4.98 Å². The molecule has 0 fully saturated rings. The van der Waals surface area contributed by atoms with Crippen LogP contribution in [0, 0.1) is 0 Å². The second-order valence-corrected chi connectivity index (χ2v) is 5.05. The van der Waals surface area contributed by atoms with Crippen molar-refractivity contribution in [2.24, 2.45) is 5.84 Å². The van der Waals surface area contributed by atoms with Gasteiger partial charge in [0.25, 0.3) is 0 Å². The van der Waals surface area contributed by atoms with Gasteiger partial charge in [0.05, 0.1) is 14.7 Å². The van der Waals surface area contributed by atoms with Crippen molar-refractivity contribution in [3.05, 3.63) is 21.1 Å². The number of hydrazine groups is 1. The summed E-state index contributed by atoms with van der Waals surface area (Å²) in [6, 6.07) is 3.98. The summed E-state index contributed by atoms with van der Waals surface area (Å²) < 4.78 is 3.06. The third-order valence-electron chi connectivity index (χ3n) is 1.58. The van der Waals surface area contributed by atoms with Crippen molar-refractivity contribution in [1.82, 2.24) is 4.98 Å². The highest BCUT2D eigenvalue weighted by molar-refractivity contribution is 9.13. The van der Waals surface area contributed by atoms with Gasteiger partial charge in [-0.25, -0.2) is 10.8 Å². The van der Waals surface area contributed by atoms with E-state index < -0.39 is 0 Å². The third kappa shape index (κ3) is 1.59. The number of hydrogen-bond donors (Lipinski definition) is 2. The largest absolute Gasteiger partial charge is 0.300 e. The summed E-state index contributed by atoms with van der Waals surface area (Å²) in [5.74, 6) is 5.27. The number of nitrogens with one attached hydrogen (secondary N) is 1. The molecule has 0 atom stereocenters. The first-order valence-electron chi connectivity index (χ1n) is 3.43. The number of anilines is 1. The number of rotatable bonds is 1. The Bertz CT molecular complexity index is 454. The third-order valence-corrected chi connectivity index (χ3v) is 4.52. The number of nitrogens with zero attached hydrogens (tertiary/aromatic N) is 1. The second-order valence-electron chi connectivity index (χ2n) is 2.37. The summed E-state index contributed by atoms with van der Waals surface area (Å²) in [6.45, 7) is 0. The molecular weight excluding hydrogens is 318 g/mol. The SMILES string of the molecule is NNc1nc2c(Br)c(Br)ccc2s1. The van der Waals surface area contributed by atoms with Gasteiger partial charge >= 0.3 is 0 Å². The van der Waals surface area contributed by atoms with Gasteiger partial charge in [0.2, 0.25) is 0 Å². The van der Waals surface area contributed by atoms with Gasteiger partial charge in [-0.1, -0.05) is 11.3 Å². The number of halogens is 2. The molecule has 0 aliphatic heterocycles. The Morgan fingerprint density at radius 2 is 2.15 bits per heavy atom. The van der Waals surface area contributed by atoms with Crippen molar-refractivity contribution in [2.45, 2.75) is 0 Å². The molecule has 0 saturated heterocycles. The fourth-order valence-corrected chi connectivity index (χ4v) is 2.67. The minimum Gasteiger partial charge on any atom is -0.300 e. The Balaban J connectivity index is 2.76. The molecule has 0 unspecified atom stereocenters. The molecule has 1 aromatic heterocycles. The van der Waals surface area contributed by atoms with E-state index in [0.717, 1.165) is 19.2 Å². The summed E-state index contributed by atoms with van der Waals surface area (Å²) in [6.07, 6.45) is 0. The first-order chi connectivity index (χ1) is 6.22. The maximum absolute atomic E-state index is 5.27. The quantitative estimate of drug-likeness (QED) is 0.626. The van der Waals surface area contributed by atoms with E-state index in [0.29, 0.717) is 5.13 Å². The normalized spacial score (nSPS) is 10.7. The van der Waals surface area contributed by atoms with E-state index in [-0.39, 0.29) is 0 Å². The molecule has 0 spiro atoms. The molecule has 3 nitrogen and oxygen atoms in total. The summed E-state index contributed by atoms with van der Waals surface area (Å²) in [7, 11) is 0. The van der Waals surface area contributed by atoms with Crippen molar-refractivity contribution < 1.29 is 0 Å². The lowest BCUT2D eigenvalue weighted by atomic mass is 10.3. The zero-order valence-electron chi connectivity index (χ0n) is 6.34. The van der Waals surface area contributed by atoms with E-state index in [9.17, 15) is 0 Å². The van der Waals surface area contributed by atoms with E-state index in [1.54, 1.807) is 0 Å². The highest BCUT2D eigenvalue weighted by Gasteiger charge is 2.08. The standard InChI is InChI=1S/C7H5Br2N3S/c8-3-1-2-4-6(5(3)9)11-7(12-10)13-4/h1-2H,10H2,(H,11,12). The van der Waals surface area contributed by atoms with Crippen molar-refractivity contribution >= 4 is 58.5 Å². The van der Waals surface area contributed by atoms with Gasteiger partial charge < -0.3 is 0 Å². The number of thiazole rings is 1. The van der Waals surface area contributed by atoms with Gasteiger partial charge in [0.1, 0.15) is 0 Å². The van der Waals surface area contributed by atoms with Crippen molar-refractivity contribution in [1.29, 1.82) is 0 Å². The number of nitrogens with two attached hydrogens (primary N) is 1. The fraction of sp³-hybridized carbons (Fsp3) is 0.